The number of fused-ring (bicyclic) bond motifs is 5. The fraction of sp³-hybridized carbons (Fsp3) is 0.895. The van der Waals surface area contributed by atoms with Gasteiger partial charge >= 0.3 is 0 Å². The average Bonchev–Trinajstić information content (AvgIpc) is 2.74. The highest BCUT2D eigenvalue weighted by molar-refractivity contribution is 5.30. The smallest absolute Gasteiger partial charge is 0.0868 e. The number of ether oxygens (including phenoxy) is 1. The Morgan fingerprint density at radius 3 is 2.68 bits per heavy atom. The molecule has 0 unspecified atom stereocenters. The Hall–Kier alpha value is -0.380. The average molecular weight is 306 g/mol. The third-order valence-electron chi connectivity index (χ3n) is 7.79. The number of allylic oxidation sites excluding steroid dienone is 1. The van der Waals surface area contributed by atoms with E-state index in [0.29, 0.717) is 18.4 Å². The molecule has 0 aromatic rings. The van der Waals surface area contributed by atoms with E-state index in [1.807, 2.05) is 6.92 Å². The first-order valence-electron chi connectivity index (χ1n) is 9.01. The molecule has 0 aromatic heterocycles. The summed E-state index contributed by atoms with van der Waals surface area (Å²) in [6.45, 7) is 7.11. The monoisotopic (exact) mass is 306 g/mol. The normalized spacial score (nSPS) is 57.6. The fourth-order valence-electron chi connectivity index (χ4n) is 6.36. The molecular formula is C19H30O3. The molecule has 1 saturated heterocycles. The van der Waals surface area contributed by atoms with Crippen LogP contribution in [0.3, 0.4) is 0 Å². The molecule has 1 heterocycles. The van der Waals surface area contributed by atoms with Crippen LogP contribution in [0.25, 0.3) is 0 Å². The Kier molecular flexibility index (Phi) is 3.16. The van der Waals surface area contributed by atoms with Gasteiger partial charge in [-0.2, -0.15) is 0 Å². The van der Waals surface area contributed by atoms with Gasteiger partial charge in [-0.05, 0) is 61.9 Å². The number of hydrogen-bond acceptors (Lipinski definition) is 3. The second-order valence-corrected chi connectivity index (χ2v) is 9.04. The molecule has 7 atom stereocenters. The van der Waals surface area contributed by atoms with Crippen molar-refractivity contribution < 1.29 is 14.9 Å². The summed E-state index contributed by atoms with van der Waals surface area (Å²) < 4.78 is 6.04. The predicted molar refractivity (Wildman–Crippen MR) is 85.3 cm³/mol. The zero-order valence-electron chi connectivity index (χ0n) is 14.1. The van der Waals surface area contributed by atoms with Crippen LogP contribution in [-0.2, 0) is 4.74 Å². The van der Waals surface area contributed by atoms with Crippen molar-refractivity contribution in [3.63, 3.8) is 0 Å². The van der Waals surface area contributed by atoms with Crippen molar-refractivity contribution in [2.75, 3.05) is 6.61 Å². The van der Waals surface area contributed by atoms with Gasteiger partial charge in [-0.3, -0.25) is 0 Å². The van der Waals surface area contributed by atoms with E-state index in [0.717, 1.165) is 32.1 Å². The maximum Gasteiger partial charge on any atom is 0.0868 e. The SMILES string of the molecule is C[C@]12CC[C@H]3C(=CC[C@@H]4[C@]3(C)CCC[C@@]4(C)O)[C@H]1OC[C@@H]2O. The summed E-state index contributed by atoms with van der Waals surface area (Å²) >= 11 is 0. The van der Waals surface area contributed by atoms with E-state index in [-0.39, 0.29) is 23.0 Å². The molecule has 1 aliphatic heterocycles. The maximum atomic E-state index is 10.9. The van der Waals surface area contributed by atoms with Crippen LogP contribution in [0.1, 0.15) is 59.3 Å². The molecule has 0 amide bonds. The summed E-state index contributed by atoms with van der Waals surface area (Å²) in [5.41, 5.74) is 0.972. The number of aliphatic hydroxyl groups is 2. The summed E-state index contributed by atoms with van der Waals surface area (Å²) in [7, 11) is 0. The minimum absolute atomic E-state index is 0.0888. The lowest BCUT2D eigenvalue weighted by Gasteiger charge is -2.59. The molecule has 3 nitrogen and oxygen atoms in total. The van der Waals surface area contributed by atoms with Gasteiger partial charge in [0.05, 0.1) is 24.4 Å². The second-order valence-electron chi connectivity index (χ2n) is 9.04. The summed E-state index contributed by atoms with van der Waals surface area (Å²) in [5, 5.41) is 21.3. The molecule has 0 radical (unpaired) electrons. The van der Waals surface area contributed by atoms with Crippen LogP contribution in [-0.4, -0.2) is 34.6 Å². The lowest BCUT2D eigenvalue weighted by atomic mass is 9.47. The summed E-state index contributed by atoms with van der Waals surface area (Å²) in [4.78, 5) is 0. The van der Waals surface area contributed by atoms with Crippen LogP contribution in [0.5, 0.6) is 0 Å². The van der Waals surface area contributed by atoms with E-state index in [9.17, 15) is 10.2 Å². The predicted octanol–water partition coefficient (Wildman–Crippen LogP) is 3.05. The van der Waals surface area contributed by atoms with Gasteiger partial charge in [-0.25, -0.2) is 0 Å². The van der Waals surface area contributed by atoms with Crippen molar-refractivity contribution in [1.82, 2.24) is 0 Å². The molecule has 4 aliphatic rings. The third kappa shape index (κ3) is 1.79. The zero-order valence-corrected chi connectivity index (χ0v) is 14.1. The van der Waals surface area contributed by atoms with Crippen LogP contribution in [0.15, 0.2) is 11.6 Å². The highest BCUT2D eigenvalue weighted by atomic mass is 16.5. The number of aliphatic hydroxyl groups excluding tert-OH is 1. The van der Waals surface area contributed by atoms with Gasteiger partial charge in [-0.15, -0.1) is 0 Å². The topological polar surface area (TPSA) is 49.7 Å². The Labute approximate surface area is 133 Å². The first-order chi connectivity index (χ1) is 10.3. The van der Waals surface area contributed by atoms with Gasteiger partial charge in [0, 0.05) is 5.41 Å². The zero-order chi connectivity index (χ0) is 15.8. The number of hydrogen-bond donors (Lipinski definition) is 2. The van der Waals surface area contributed by atoms with Gasteiger partial charge < -0.3 is 14.9 Å². The molecule has 124 valence electrons. The third-order valence-corrected chi connectivity index (χ3v) is 7.79. The van der Waals surface area contributed by atoms with E-state index < -0.39 is 5.60 Å². The van der Waals surface area contributed by atoms with E-state index in [1.165, 1.54) is 12.0 Å². The molecule has 0 spiro atoms. The Balaban J connectivity index is 1.73. The maximum absolute atomic E-state index is 10.9. The first kappa shape index (κ1) is 15.2. The summed E-state index contributed by atoms with van der Waals surface area (Å²) in [6, 6.07) is 0. The molecule has 22 heavy (non-hydrogen) atoms. The lowest BCUT2D eigenvalue weighted by Crippen LogP contribution is -2.56. The molecule has 3 heteroatoms. The molecule has 4 rings (SSSR count). The minimum atomic E-state index is -0.536. The van der Waals surface area contributed by atoms with Gasteiger partial charge in [0.2, 0.25) is 0 Å². The molecule has 0 bridgehead atoms. The van der Waals surface area contributed by atoms with Gasteiger partial charge in [0.1, 0.15) is 0 Å². The van der Waals surface area contributed by atoms with Crippen LogP contribution in [0.2, 0.25) is 0 Å². The Morgan fingerprint density at radius 1 is 1.14 bits per heavy atom. The summed E-state index contributed by atoms with van der Waals surface area (Å²) in [6.07, 6.45) is 8.49. The van der Waals surface area contributed by atoms with Crippen LogP contribution in [0.4, 0.5) is 0 Å². The van der Waals surface area contributed by atoms with E-state index in [1.54, 1.807) is 0 Å². The molecular weight excluding hydrogens is 276 g/mol. The highest BCUT2D eigenvalue weighted by Gasteiger charge is 2.60. The summed E-state index contributed by atoms with van der Waals surface area (Å²) in [5.74, 6) is 0.875. The van der Waals surface area contributed by atoms with Gasteiger partial charge in [0.25, 0.3) is 0 Å². The largest absolute Gasteiger partial charge is 0.390 e. The molecule has 2 N–H and O–H groups in total. The Bertz CT molecular complexity index is 511. The van der Waals surface area contributed by atoms with Crippen molar-refractivity contribution in [1.29, 1.82) is 0 Å². The quantitative estimate of drug-likeness (QED) is 0.676. The number of rotatable bonds is 0. The van der Waals surface area contributed by atoms with Crippen molar-refractivity contribution >= 4 is 0 Å². The molecule has 2 saturated carbocycles. The van der Waals surface area contributed by atoms with Crippen molar-refractivity contribution in [2.45, 2.75) is 77.1 Å². The van der Waals surface area contributed by atoms with E-state index in [2.05, 4.69) is 19.9 Å². The highest BCUT2D eigenvalue weighted by Crippen LogP contribution is 2.63. The lowest BCUT2D eigenvalue weighted by molar-refractivity contribution is -0.128. The van der Waals surface area contributed by atoms with Crippen molar-refractivity contribution in [3.05, 3.63) is 11.6 Å². The van der Waals surface area contributed by atoms with Gasteiger partial charge in [0.15, 0.2) is 0 Å². The first-order valence-corrected chi connectivity index (χ1v) is 9.01. The fourth-order valence-corrected chi connectivity index (χ4v) is 6.36. The molecule has 3 fully saturated rings. The van der Waals surface area contributed by atoms with Crippen LogP contribution in [0, 0.1) is 22.7 Å². The molecule has 0 aromatic carbocycles. The van der Waals surface area contributed by atoms with Crippen molar-refractivity contribution in [2.24, 2.45) is 22.7 Å². The molecule has 3 aliphatic carbocycles. The minimum Gasteiger partial charge on any atom is -0.390 e. The Morgan fingerprint density at radius 2 is 1.91 bits per heavy atom. The van der Waals surface area contributed by atoms with Crippen molar-refractivity contribution in [3.8, 4) is 0 Å². The van der Waals surface area contributed by atoms with Crippen LogP contribution < -0.4 is 0 Å². The standard InChI is InChI=1S/C19H30O3/c1-17-8-4-9-19(3,21)14(17)6-5-12-13(17)7-10-18(2)15(20)11-22-16(12)18/h5,13-16,20-21H,4,6-11H2,1-3H3/t13-,14+,15-,16+,17+,18+,19+/m0/s1. The van der Waals surface area contributed by atoms with Gasteiger partial charge in [-0.1, -0.05) is 26.3 Å². The van der Waals surface area contributed by atoms with E-state index >= 15 is 0 Å². The second kappa shape index (κ2) is 4.58. The van der Waals surface area contributed by atoms with E-state index in [4.69, 9.17) is 4.74 Å². The van der Waals surface area contributed by atoms with Crippen LogP contribution >= 0.6 is 0 Å².